The van der Waals surface area contributed by atoms with Crippen molar-refractivity contribution in [1.29, 1.82) is 0 Å². The highest BCUT2D eigenvalue weighted by Gasteiger charge is 2.14. The van der Waals surface area contributed by atoms with Gasteiger partial charge in [0.05, 0.1) is 23.8 Å². The Balaban J connectivity index is 2.15. The summed E-state index contributed by atoms with van der Waals surface area (Å²) in [4.78, 5) is 4.28. The zero-order chi connectivity index (χ0) is 12.3. The Labute approximate surface area is 108 Å². The van der Waals surface area contributed by atoms with Gasteiger partial charge in [0.25, 0.3) is 0 Å². The molecule has 2 heterocycles. The highest BCUT2D eigenvalue weighted by atomic mass is 32.2. The highest BCUT2D eigenvalue weighted by molar-refractivity contribution is 7.90. The van der Waals surface area contributed by atoms with Crippen molar-refractivity contribution in [3.63, 3.8) is 0 Å². The molecular weight excluding hydrogens is 278 g/mol. The number of thiazole rings is 1. The number of thiophene rings is 1. The van der Waals surface area contributed by atoms with Gasteiger partial charge in [-0.05, 0) is 11.4 Å². The third-order valence-corrected chi connectivity index (χ3v) is 5.25. The molecule has 0 fully saturated rings. The number of aromatic nitrogens is 1. The van der Waals surface area contributed by atoms with E-state index in [1.165, 1.54) is 11.3 Å². The van der Waals surface area contributed by atoms with Crippen LogP contribution in [0.25, 0.3) is 10.6 Å². The summed E-state index contributed by atoms with van der Waals surface area (Å²) in [6.07, 6.45) is 0. The van der Waals surface area contributed by atoms with Crippen LogP contribution in [0.15, 0.2) is 22.2 Å². The maximum atomic E-state index is 11.5. The minimum Gasteiger partial charge on any atom is -0.395 e. The number of aliphatic hydroxyl groups is 1. The molecule has 0 aromatic carbocycles. The molecule has 0 aliphatic carbocycles. The normalized spacial score (nSPS) is 11.8. The molecule has 1 N–H and O–H groups in total. The molecule has 2 rings (SSSR count). The zero-order valence-corrected chi connectivity index (χ0v) is 11.3. The molecule has 0 aliphatic heterocycles. The van der Waals surface area contributed by atoms with E-state index < -0.39 is 9.84 Å². The van der Waals surface area contributed by atoms with Crippen molar-refractivity contribution in [1.82, 2.24) is 4.98 Å². The van der Waals surface area contributed by atoms with Crippen molar-refractivity contribution < 1.29 is 13.5 Å². The minimum atomic E-state index is -3.24. The molecule has 7 heteroatoms. The summed E-state index contributed by atoms with van der Waals surface area (Å²) in [7, 11) is -3.24. The Bertz CT molecular complexity index is 572. The molecule has 0 saturated carbocycles. The van der Waals surface area contributed by atoms with Crippen LogP contribution in [0.1, 0.15) is 5.69 Å². The van der Waals surface area contributed by atoms with E-state index in [-0.39, 0.29) is 18.1 Å². The van der Waals surface area contributed by atoms with Gasteiger partial charge >= 0.3 is 0 Å². The summed E-state index contributed by atoms with van der Waals surface area (Å²) < 4.78 is 23.0. The van der Waals surface area contributed by atoms with E-state index in [1.807, 2.05) is 16.8 Å². The monoisotopic (exact) mass is 289 g/mol. The molecule has 0 amide bonds. The molecular formula is C10H11NO3S3. The van der Waals surface area contributed by atoms with Crippen LogP contribution in [0.2, 0.25) is 0 Å². The van der Waals surface area contributed by atoms with Gasteiger partial charge in [-0.1, -0.05) is 0 Å². The Hall–Kier alpha value is -0.760. The van der Waals surface area contributed by atoms with Crippen LogP contribution >= 0.6 is 22.7 Å². The molecule has 4 nitrogen and oxygen atoms in total. The average molecular weight is 289 g/mol. The average Bonchev–Trinajstić information content (AvgIpc) is 2.85. The summed E-state index contributed by atoms with van der Waals surface area (Å²) >= 11 is 3.01. The molecule has 0 aliphatic rings. The van der Waals surface area contributed by atoms with Crippen LogP contribution in [0, 0.1) is 0 Å². The lowest BCUT2D eigenvalue weighted by Crippen LogP contribution is -2.12. The number of rotatable bonds is 5. The Morgan fingerprint density at radius 3 is 2.82 bits per heavy atom. The third kappa shape index (κ3) is 3.35. The lowest BCUT2D eigenvalue weighted by Gasteiger charge is -1.98. The molecule has 0 radical (unpaired) electrons. The van der Waals surface area contributed by atoms with E-state index in [2.05, 4.69) is 4.98 Å². The van der Waals surface area contributed by atoms with Gasteiger partial charge in [-0.15, -0.1) is 11.3 Å². The fourth-order valence-electron chi connectivity index (χ4n) is 1.33. The predicted octanol–water partition coefficient (Wildman–Crippen LogP) is 1.78. The lowest BCUT2D eigenvalue weighted by molar-refractivity contribution is 0.319. The number of nitrogens with zero attached hydrogens (tertiary/aromatic N) is 1. The topological polar surface area (TPSA) is 67.3 Å². The first-order chi connectivity index (χ1) is 8.11. The van der Waals surface area contributed by atoms with Gasteiger partial charge in [0.1, 0.15) is 5.01 Å². The first-order valence-corrected chi connectivity index (χ1v) is 8.53. The van der Waals surface area contributed by atoms with Crippen LogP contribution in [-0.2, 0) is 15.6 Å². The summed E-state index contributed by atoms with van der Waals surface area (Å²) in [6, 6.07) is 1.95. The van der Waals surface area contributed by atoms with Crippen LogP contribution < -0.4 is 0 Å². The summed E-state index contributed by atoms with van der Waals surface area (Å²) in [6.45, 7) is -0.343. The number of sulfone groups is 1. The molecule has 0 saturated heterocycles. The van der Waals surface area contributed by atoms with Crippen LogP contribution in [0.4, 0.5) is 0 Å². The fraction of sp³-hybridized carbons (Fsp3) is 0.300. The van der Waals surface area contributed by atoms with Crippen molar-refractivity contribution in [3.05, 3.63) is 27.9 Å². The third-order valence-electron chi connectivity index (χ3n) is 2.09. The van der Waals surface area contributed by atoms with Gasteiger partial charge in [-0.2, -0.15) is 11.3 Å². The first kappa shape index (κ1) is 12.7. The van der Waals surface area contributed by atoms with E-state index >= 15 is 0 Å². The first-order valence-electron chi connectivity index (χ1n) is 4.89. The molecule has 2 aromatic heterocycles. The fourth-order valence-corrected chi connectivity index (χ4v) is 3.99. The second kappa shape index (κ2) is 5.26. The van der Waals surface area contributed by atoms with Crippen molar-refractivity contribution in [2.45, 2.75) is 5.75 Å². The second-order valence-corrected chi connectivity index (χ2v) is 7.29. The Morgan fingerprint density at radius 2 is 2.18 bits per heavy atom. The summed E-state index contributed by atoms with van der Waals surface area (Å²) in [5, 5.41) is 15.2. The van der Waals surface area contributed by atoms with Gasteiger partial charge in [0.2, 0.25) is 0 Å². The Kier molecular flexibility index (Phi) is 3.93. The van der Waals surface area contributed by atoms with Crippen molar-refractivity contribution >= 4 is 32.5 Å². The molecule has 17 heavy (non-hydrogen) atoms. The van der Waals surface area contributed by atoms with Gasteiger partial charge in [0, 0.05) is 16.3 Å². The van der Waals surface area contributed by atoms with Crippen LogP contribution in [0.3, 0.4) is 0 Å². The van der Waals surface area contributed by atoms with E-state index in [4.69, 9.17) is 5.11 Å². The maximum absolute atomic E-state index is 11.5. The lowest BCUT2D eigenvalue weighted by atomic mass is 10.4. The van der Waals surface area contributed by atoms with Crippen molar-refractivity contribution in [3.8, 4) is 10.6 Å². The largest absolute Gasteiger partial charge is 0.395 e. The molecule has 0 unspecified atom stereocenters. The molecule has 0 spiro atoms. The number of aliphatic hydroxyl groups excluding tert-OH is 1. The van der Waals surface area contributed by atoms with E-state index in [0.29, 0.717) is 5.69 Å². The highest BCUT2D eigenvalue weighted by Crippen LogP contribution is 2.26. The van der Waals surface area contributed by atoms with Gasteiger partial charge in [-0.3, -0.25) is 0 Å². The molecule has 2 aromatic rings. The van der Waals surface area contributed by atoms with Gasteiger partial charge in [-0.25, -0.2) is 13.4 Å². The SMILES string of the molecule is O=S(=O)(CCO)Cc1csc(-c2ccsc2)n1. The van der Waals surface area contributed by atoms with Crippen molar-refractivity contribution in [2.75, 3.05) is 12.4 Å². The zero-order valence-electron chi connectivity index (χ0n) is 8.87. The quantitative estimate of drug-likeness (QED) is 0.911. The smallest absolute Gasteiger partial charge is 0.158 e. The van der Waals surface area contributed by atoms with E-state index in [0.717, 1.165) is 10.6 Å². The van der Waals surface area contributed by atoms with Gasteiger partial charge < -0.3 is 5.11 Å². The van der Waals surface area contributed by atoms with E-state index in [9.17, 15) is 8.42 Å². The summed E-state index contributed by atoms with van der Waals surface area (Å²) in [5.74, 6) is -0.313. The van der Waals surface area contributed by atoms with Crippen LogP contribution in [-0.4, -0.2) is 30.9 Å². The molecule has 0 bridgehead atoms. The number of hydrogen-bond acceptors (Lipinski definition) is 6. The molecule has 92 valence electrons. The van der Waals surface area contributed by atoms with Crippen molar-refractivity contribution in [2.24, 2.45) is 0 Å². The maximum Gasteiger partial charge on any atom is 0.158 e. The minimum absolute atomic E-state index is 0.103. The molecule has 0 atom stereocenters. The standard InChI is InChI=1S/C10H11NO3S3/c12-2-4-17(13,14)7-9-6-16-10(11-9)8-1-3-15-5-8/h1,3,5-6,12H,2,4,7H2. The summed E-state index contributed by atoms with van der Waals surface area (Å²) in [5.41, 5.74) is 1.57. The second-order valence-electron chi connectivity index (χ2n) is 3.47. The van der Waals surface area contributed by atoms with Crippen LogP contribution in [0.5, 0.6) is 0 Å². The van der Waals surface area contributed by atoms with E-state index in [1.54, 1.807) is 16.7 Å². The van der Waals surface area contributed by atoms with Gasteiger partial charge in [0.15, 0.2) is 9.84 Å². The number of hydrogen-bond donors (Lipinski definition) is 1. The Morgan fingerprint density at radius 1 is 1.35 bits per heavy atom. The predicted molar refractivity (Wildman–Crippen MR) is 70.0 cm³/mol.